The van der Waals surface area contributed by atoms with E-state index in [9.17, 15) is 0 Å². The molecule has 1 saturated carbocycles. The maximum atomic E-state index is 5.98. The Bertz CT molecular complexity index is 337. The second kappa shape index (κ2) is 6.03. The molecule has 0 radical (unpaired) electrons. The minimum atomic E-state index is 0.386. The van der Waals surface area contributed by atoms with E-state index in [0.29, 0.717) is 12.1 Å². The van der Waals surface area contributed by atoms with Crippen molar-refractivity contribution in [3.8, 4) is 5.75 Å². The number of methoxy groups -OCH3 is 1. The first-order valence-corrected chi connectivity index (χ1v) is 6.40. The van der Waals surface area contributed by atoms with Gasteiger partial charge in [0.15, 0.2) is 0 Å². The van der Waals surface area contributed by atoms with Crippen LogP contribution in [0.5, 0.6) is 5.75 Å². The molecule has 0 spiro atoms. The van der Waals surface area contributed by atoms with Crippen molar-refractivity contribution in [2.24, 2.45) is 5.73 Å². The van der Waals surface area contributed by atoms with Gasteiger partial charge < -0.3 is 15.8 Å². The van der Waals surface area contributed by atoms with Crippen molar-refractivity contribution in [1.82, 2.24) is 5.32 Å². The maximum absolute atomic E-state index is 5.98. The van der Waals surface area contributed by atoms with Gasteiger partial charge in [-0.2, -0.15) is 0 Å². The first-order chi connectivity index (χ1) is 8.28. The molecule has 2 atom stereocenters. The highest BCUT2D eigenvalue weighted by Gasteiger charge is 2.18. The van der Waals surface area contributed by atoms with E-state index in [1.165, 1.54) is 24.8 Å². The first-order valence-electron chi connectivity index (χ1n) is 6.40. The highest BCUT2D eigenvalue weighted by atomic mass is 16.5. The Morgan fingerprint density at radius 3 is 2.71 bits per heavy atom. The van der Waals surface area contributed by atoms with Crippen molar-refractivity contribution >= 4 is 0 Å². The molecule has 17 heavy (non-hydrogen) atoms. The molecule has 3 heteroatoms. The van der Waals surface area contributed by atoms with E-state index in [-0.39, 0.29) is 0 Å². The molecule has 1 fully saturated rings. The monoisotopic (exact) mass is 234 g/mol. The van der Waals surface area contributed by atoms with E-state index in [0.717, 1.165) is 18.7 Å². The minimum absolute atomic E-state index is 0.386. The molecule has 0 amide bonds. The third-order valence-corrected chi connectivity index (χ3v) is 3.47. The minimum Gasteiger partial charge on any atom is -0.497 e. The number of nitrogens with two attached hydrogens (primary N) is 1. The fourth-order valence-electron chi connectivity index (χ4n) is 2.42. The molecule has 0 saturated heterocycles. The molecule has 2 rings (SSSR count). The Labute approximate surface area is 103 Å². The van der Waals surface area contributed by atoms with Crippen LogP contribution in [0.3, 0.4) is 0 Å². The lowest BCUT2D eigenvalue weighted by molar-refractivity contribution is 0.338. The van der Waals surface area contributed by atoms with E-state index < -0.39 is 0 Å². The molecule has 2 unspecified atom stereocenters. The molecule has 1 aliphatic rings. The normalized spacial score (nSPS) is 24.6. The number of benzene rings is 1. The molecule has 94 valence electrons. The summed E-state index contributed by atoms with van der Waals surface area (Å²) in [6.07, 6.45) is 4.79. The fourth-order valence-corrected chi connectivity index (χ4v) is 2.42. The van der Waals surface area contributed by atoms with Gasteiger partial charge in [0.05, 0.1) is 7.11 Å². The van der Waals surface area contributed by atoms with Crippen LogP contribution in [0.2, 0.25) is 0 Å². The van der Waals surface area contributed by atoms with E-state index >= 15 is 0 Å². The standard InChI is InChI=1S/C14H22N2O/c1-17-14-7-5-11(6-8-14)10-16-13-4-2-3-12(15)9-13/h5-8,12-13,16H,2-4,9-10,15H2,1H3. The number of hydrogen-bond donors (Lipinski definition) is 2. The summed E-state index contributed by atoms with van der Waals surface area (Å²) < 4.78 is 5.14. The van der Waals surface area contributed by atoms with Crippen molar-refractivity contribution in [2.45, 2.75) is 44.3 Å². The topological polar surface area (TPSA) is 47.3 Å². The predicted octanol–water partition coefficient (Wildman–Crippen LogP) is 2.05. The van der Waals surface area contributed by atoms with E-state index in [4.69, 9.17) is 10.5 Å². The number of rotatable bonds is 4. The molecule has 0 aliphatic heterocycles. The average Bonchev–Trinajstić information content (AvgIpc) is 2.37. The molecule has 1 aromatic rings. The van der Waals surface area contributed by atoms with Crippen LogP contribution in [-0.2, 0) is 6.54 Å². The Balaban J connectivity index is 1.80. The van der Waals surface area contributed by atoms with Crippen LogP contribution in [0.4, 0.5) is 0 Å². The van der Waals surface area contributed by atoms with E-state index in [2.05, 4.69) is 17.4 Å². The predicted molar refractivity (Wildman–Crippen MR) is 70.1 cm³/mol. The number of hydrogen-bond acceptors (Lipinski definition) is 3. The van der Waals surface area contributed by atoms with Crippen LogP contribution in [0.25, 0.3) is 0 Å². The number of ether oxygens (including phenoxy) is 1. The van der Waals surface area contributed by atoms with Gasteiger partial charge in [-0.1, -0.05) is 18.6 Å². The van der Waals surface area contributed by atoms with Gasteiger partial charge in [0, 0.05) is 18.6 Å². The third kappa shape index (κ3) is 3.72. The smallest absolute Gasteiger partial charge is 0.118 e. The summed E-state index contributed by atoms with van der Waals surface area (Å²) in [4.78, 5) is 0. The second-order valence-electron chi connectivity index (χ2n) is 4.85. The molecule has 0 bridgehead atoms. The zero-order valence-electron chi connectivity index (χ0n) is 10.5. The Hall–Kier alpha value is -1.06. The Morgan fingerprint density at radius 2 is 2.06 bits per heavy atom. The van der Waals surface area contributed by atoms with Gasteiger partial charge in [-0.3, -0.25) is 0 Å². The van der Waals surface area contributed by atoms with Crippen molar-refractivity contribution in [3.63, 3.8) is 0 Å². The fraction of sp³-hybridized carbons (Fsp3) is 0.571. The average molecular weight is 234 g/mol. The molecule has 0 aromatic heterocycles. The first kappa shape index (κ1) is 12.4. The van der Waals surface area contributed by atoms with Gasteiger partial charge in [-0.25, -0.2) is 0 Å². The Morgan fingerprint density at radius 1 is 1.29 bits per heavy atom. The second-order valence-corrected chi connectivity index (χ2v) is 4.85. The summed E-state index contributed by atoms with van der Waals surface area (Å²) in [6.45, 7) is 0.918. The summed E-state index contributed by atoms with van der Waals surface area (Å²) in [6, 6.07) is 9.19. The summed E-state index contributed by atoms with van der Waals surface area (Å²) in [5, 5.41) is 3.58. The number of nitrogens with one attached hydrogen (secondary N) is 1. The van der Waals surface area contributed by atoms with Crippen LogP contribution in [0.1, 0.15) is 31.2 Å². The third-order valence-electron chi connectivity index (χ3n) is 3.47. The molecule has 1 aromatic carbocycles. The van der Waals surface area contributed by atoms with E-state index in [1.807, 2.05) is 12.1 Å². The largest absolute Gasteiger partial charge is 0.497 e. The van der Waals surface area contributed by atoms with E-state index in [1.54, 1.807) is 7.11 Å². The zero-order valence-corrected chi connectivity index (χ0v) is 10.5. The van der Waals surface area contributed by atoms with Gasteiger partial charge in [0.25, 0.3) is 0 Å². The summed E-state index contributed by atoms with van der Waals surface area (Å²) in [5.41, 5.74) is 7.27. The van der Waals surface area contributed by atoms with Crippen molar-refractivity contribution < 1.29 is 4.74 Å². The lowest BCUT2D eigenvalue weighted by Gasteiger charge is -2.27. The highest BCUT2D eigenvalue weighted by molar-refractivity contribution is 5.27. The van der Waals surface area contributed by atoms with Gasteiger partial charge in [0.1, 0.15) is 5.75 Å². The lowest BCUT2D eigenvalue weighted by atomic mass is 9.91. The quantitative estimate of drug-likeness (QED) is 0.838. The molecule has 0 heterocycles. The van der Waals surface area contributed by atoms with Crippen LogP contribution in [0, 0.1) is 0 Å². The lowest BCUT2D eigenvalue weighted by Crippen LogP contribution is -2.39. The van der Waals surface area contributed by atoms with Gasteiger partial charge in [-0.15, -0.1) is 0 Å². The zero-order chi connectivity index (χ0) is 12.1. The maximum Gasteiger partial charge on any atom is 0.118 e. The summed E-state index contributed by atoms with van der Waals surface area (Å²) in [5.74, 6) is 0.911. The van der Waals surface area contributed by atoms with Crippen LogP contribution in [-0.4, -0.2) is 19.2 Å². The van der Waals surface area contributed by atoms with Crippen molar-refractivity contribution in [2.75, 3.05) is 7.11 Å². The van der Waals surface area contributed by atoms with Crippen LogP contribution < -0.4 is 15.8 Å². The van der Waals surface area contributed by atoms with Crippen LogP contribution >= 0.6 is 0 Å². The summed E-state index contributed by atoms with van der Waals surface area (Å²) in [7, 11) is 1.69. The molecular weight excluding hydrogens is 212 g/mol. The van der Waals surface area contributed by atoms with Gasteiger partial charge in [0.2, 0.25) is 0 Å². The molecule has 3 N–H and O–H groups in total. The summed E-state index contributed by atoms with van der Waals surface area (Å²) >= 11 is 0. The SMILES string of the molecule is COc1ccc(CNC2CCCC(N)C2)cc1. The molecule has 1 aliphatic carbocycles. The Kier molecular flexibility index (Phi) is 4.40. The highest BCUT2D eigenvalue weighted by Crippen LogP contribution is 2.18. The van der Waals surface area contributed by atoms with Crippen LogP contribution in [0.15, 0.2) is 24.3 Å². The molecule has 3 nitrogen and oxygen atoms in total. The van der Waals surface area contributed by atoms with Crippen molar-refractivity contribution in [3.05, 3.63) is 29.8 Å². The van der Waals surface area contributed by atoms with Gasteiger partial charge in [-0.05, 0) is 37.0 Å². The van der Waals surface area contributed by atoms with Crippen molar-refractivity contribution in [1.29, 1.82) is 0 Å². The van der Waals surface area contributed by atoms with Gasteiger partial charge >= 0.3 is 0 Å². The molecular formula is C14H22N2O.